The van der Waals surface area contributed by atoms with Gasteiger partial charge in [-0.1, -0.05) is 54.2 Å². The van der Waals surface area contributed by atoms with Crippen LogP contribution in [0.15, 0.2) is 71.3 Å². The Labute approximate surface area is 178 Å². The van der Waals surface area contributed by atoms with E-state index in [0.29, 0.717) is 12.3 Å². The number of thiophene rings is 1. The zero-order valence-electron chi connectivity index (χ0n) is 16.3. The zero-order chi connectivity index (χ0) is 20.2. The van der Waals surface area contributed by atoms with Gasteiger partial charge in [0, 0.05) is 23.2 Å². The van der Waals surface area contributed by atoms with Crippen LogP contribution >= 0.6 is 23.1 Å². The number of hydrogen-bond donors (Lipinski definition) is 0. The van der Waals surface area contributed by atoms with Gasteiger partial charge in [-0.25, -0.2) is 9.97 Å². The third kappa shape index (κ3) is 4.18. The summed E-state index contributed by atoms with van der Waals surface area (Å²) in [5.74, 6) is 0.407. The van der Waals surface area contributed by atoms with Gasteiger partial charge in [-0.2, -0.15) is 0 Å². The highest BCUT2D eigenvalue weighted by Crippen LogP contribution is 2.37. The normalized spacial score (nSPS) is 11.0. The molecule has 0 unspecified atom stereocenters. The highest BCUT2D eigenvalue weighted by atomic mass is 32.2. The molecule has 4 nitrogen and oxygen atoms in total. The fourth-order valence-corrected chi connectivity index (χ4v) is 5.16. The predicted molar refractivity (Wildman–Crippen MR) is 123 cm³/mol. The van der Waals surface area contributed by atoms with Crippen LogP contribution in [0.2, 0.25) is 0 Å². The molecule has 0 aliphatic carbocycles. The molecule has 0 saturated carbocycles. The van der Waals surface area contributed by atoms with E-state index in [1.807, 2.05) is 61.2 Å². The number of nitrogens with zero attached hydrogens (tertiary/aromatic N) is 3. The summed E-state index contributed by atoms with van der Waals surface area (Å²) in [5, 5.41) is 4.00. The summed E-state index contributed by atoms with van der Waals surface area (Å²) in [6, 6.07) is 18.3. The van der Waals surface area contributed by atoms with Crippen molar-refractivity contribution in [2.75, 3.05) is 17.2 Å². The molecule has 2 aromatic heterocycles. The standard InChI is InChI=1S/C23H21N3OS2/c1-3-26(18-11-7-8-16(2)12-18)20(27)14-29-23-21-19(17-9-5-4-6-10-17)13-28-22(21)24-15-25-23/h4-13,15H,3,14H2,1-2H3. The van der Waals surface area contributed by atoms with E-state index < -0.39 is 0 Å². The quantitative estimate of drug-likeness (QED) is 0.292. The minimum Gasteiger partial charge on any atom is -0.312 e. The van der Waals surface area contributed by atoms with Gasteiger partial charge < -0.3 is 4.90 Å². The summed E-state index contributed by atoms with van der Waals surface area (Å²) >= 11 is 3.09. The fraction of sp³-hybridized carbons (Fsp3) is 0.174. The fourth-order valence-electron chi connectivity index (χ4n) is 3.29. The first kappa shape index (κ1) is 19.6. The molecule has 0 radical (unpaired) electrons. The summed E-state index contributed by atoms with van der Waals surface area (Å²) < 4.78 is 0. The third-order valence-corrected chi connectivity index (χ3v) is 6.54. The van der Waals surface area contributed by atoms with Gasteiger partial charge in [0.2, 0.25) is 5.91 Å². The van der Waals surface area contributed by atoms with Crippen molar-refractivity contribution < 1.29 is 4.79 Å². The maximum absolute atomic E-state index is 13.0. The van der Waals surface area contributed by atoms with E-state index >= 15 is 0 Å². The summed E-state index contributed by atoms with van der Waals surface area (Å²) in [6.07, 6.45) is 1.58. The molecule has 4 aromatic rings. The van der Waals surface area contributed by atoms with Crippen molar-refractivity contribution in [3.8, 4) is 11.1 Å². The number of aromatic nitrogens is 2. The summed E-state index contributed by atoms with van der Waals surface area (Å²) in [7, 11) is 0. The Balaban J connectivity index is 1.60. The van der Waals surface area contributed by atoms with Crippen molar-refractivity contribution in [1.29, 1.82) is 0 Å². The number of anilines is 1. The number of amides is 1. The van der Waals surface area contributed by atoms with Gasteiger partial charge in [0.15, 0.2) is 0 Å². The molecule has 29 heavy (non-hydrogen) atoms. The molecular weight excluding hydrogens is 398 g/mol. The number of hydrogen-bond acceptors (Lipinski definition) is 5. The Kier molecular flexibility index (Phi) is 5.92. The molecule has 0 N–H and O–H groups in total. The molecule has 2 heterocycles. The van der Waals surface area contributed by atoms with E-state index in [4.69, 9.17) is 0 Å². The van der Waals surface area contributed by atoms with Crippen molar-refractivity contribution in [3.63, 3.8) is 0 Å². The third-order valence-electron chi connectivity index (χ3n) is 4.68. The van der Waals surface area contributed by atoms with Crippen LogP contribution in [0.4, 0.5) is 5.69 Å². The topological polar surface area (TPSA) is 46.1 Å². The predicted octanol–water partition coefficient (Wildman–Crippen LogP) is 5.81. The van der Waals surface area contributed by atoms with Crippen LogP contribution in [-0.2, 0) is 4.79 Å². The van der Waals surface area contributed by atoms with Crippen LogP contribution < -0.4 is 4.90 Å². The van der Waals surface area contributed by atoms with Gasteiger partial charge in [0.25, 0.3) is 0 Å². The second-order valence-electron chi connectivity index (χ2n) is 6.64. The Hall–Kier alpha value is -2.70. The number of carbonyl (C=O) groups is 1. The first-order chi connectivity index (χ1) is 14.2. The van der Waals surface area contributed by atoms with Gasteiger partial charge in [0.1, 0.15) is 16.2 Å². The second kappa shape index (κ2) is 8.76. The van der Waals surface area contributed by atoms with E-state index in [-0.39, 0.29) is 5.91 Å². The molecule has 1 amide bonds. The SMILES string of the molecule is CCN(C(=O)CSc1ncnc2scc(-c3ccccc3)c12)c1cccc(C)c1. The number of aryl methyl sites for hydroxylation is 1. The molecule has 0 atom stereocenters. The van der Waals surface area contributed by atoms with E-state index in [2.05, 4.69) is 27.5 Å². The summed E-state index contributed by atoms with van der Waals surface area (Å²) in [5.41, 5.74) is 4.33. The Morgan fingerprint density at radius 3 is 2.69 bits per heavy atom. The smallest absolute Gasteiger partial charge is 0.237 e. The van der Waals surface area contributed by atoms with E-state index in [1.54, 1.807) is 17.7 Å². The van der Waals surface area contributed by atoms with Crippen LogP contribution in [0, 0.1) is 6.92 Å². The number of rotatable bonds is 6. The zero-order valence-corrected chi connectivity index (χ0v) is 18.0. The number of benzene rings is 2. The van der Waals surface area contributed by atoms with Gasteiger partial charge in [-0.15, -0.1) is 11.3 Å². The van der Waals surface area contributed by atoms with Crippen molar-refractivity contribution in [3.05, 3.63) is 71.9 Å². The number of thioether (sulfide) groups is 1. The molecule has 0 spiro atoms. The lowest BCUT2D eigenvalue weighted by Gasteiger charge is -2.21. The van der Waals surface area contributed by atoms with Crippen LogP contribution in [-0.4, -0.2) is 28.2 Å². The highest BCUT2D eigenvalue weighted by molar-refractivity contribution is 8.00. The van der Waals surface area contributed by atoms with Crippen molar-refractivity contribution >= 4 is 44.9 Å². The van der Waals surface area contributed by atoms with Crippen LogP contribution in [0.1, 0.15) is 12.5 Å². The molecule has 0 aliphatic rings. The van der Waals surface area contributed by atoms with Crippen molar-refractivity contribution in [2.45, 2.75) is 18.9 Å². The van der Waals surface area contributed by atoms with Crippen LogP contribution in [0.5, 0.6) is 0 Å². The largest absolute Gasteiger partial charge is 0.312 e. The van der Waals surface area contributed by atoms with Crippen LogP contribution in [0.3, 0.4) is 0 Å². The average Bonchev–Trinajstić information content (AvgIpc) is 3.18. The van der Waals surface area contributed by atoms with Gasteiger partial charge in [-0.3, -0.25) is 4.79 Å². The van der Waals surface area contributed by atoms with Gasteiger partial charge >= 0.3 is 0 Å². The lowest BCUT2D eigenvalue weighted by atomic mass is 10.1. The number of fused-ring (bicyclic) bond motifs is 1. The molecule has 0 bridgehead atoms. The summed E-state index contributed by atoms with van der Waals surface area (Å²) in [4.78, 5) is 24.6. The second-order valence-corrected chi connectivity index (χ2v) is 8.46. The van der Waals surface area contributed by atoms with E-state index in [0.717, 1.165) is 37.6 Å². The monoisotopic (exact) mass is 419 g/mol. The molecule has 6 heteroatoms. The summed E-state index contributed by atoms with van der Waals surface area (Å²) in [6.45, 7) is 4.67. The minimum absolute atomic E-state index is 0.0753. The molecule has 0 saturated heterocycles. The number of carbonyl (C=O) groups excluding carboxylic acids is 1. The van der Waals surface area contributed by atoms with E-state index in [9.17, 15) is 4.79 Å². The maximum Gasteiger partial charge on any atom is 0.237 e. The lowest BCUT2D eigenvalue weighted by Crippen LogP contribution is -2.32. The molecule has 0 fully saturated rings. The van der Waals surface area contributed by atoms with Gasteiger partial charge in [-0.05, 0) is 37.1 Å². The lowest BCUT2D eigenvalue weighted by molar-refractivity contribution is -0.116. The minimum atomic E-state index is 0.0753. The van der Waals surface area contributed by atoms with Crippen molar-refractivity contribution in [1.82, 2.24) is 9.97 Å². The van der Waals surface area contributed by atoms with E-state index in [1.165, 1.54) is 11.8 Å². The maximum atomic E-state index is 13.0. The molecule has 0 aliphatic heterocycles. The molecule has 2 aromatic carbocycles. The Morgan fingerprint density at radius 2 is 1.93 bits per heavy atom. The van der Waals surface area contributed by atoms with Gasteiger partial charge in [0.05, 0.1) is 11.1 Å². The van der Waals surface area contributed by atoms with Crippen molar-refractivity contribution in [2.24, 2.45) is 0 Å². The first-order valence-electron chi connectivity index (χ1n) is 9.45. The molecule has 146 valence electrons. The molecular formula is C23H21N3OS2. The van der Waals surface area contributed by atoms with Crippen LogP contribution in [0.25, 0.3) is 21.3 Å². The Bertz CT molecular complexity index is 1140. The highest BCUT2D eigenvalue weighted by Gasteiger charge is 2.18. The first-order valence-corrected chi connectivity index (χ1v) is 11.3. The average molecular weight is 420 g/mol. The Morgan fingerprint density at radius 1 is 1.10 bits per heavy atom. The molecule has 4 rings (SSSR count).